The van der Waals surface area contributed by atoms with Gasteiger partial charge in [-0.2, -0.15) is 0 Å². The molecule has 0 unspecified atom stereocenters. The molecule has 0 amide bonds. The SMILES string of the molecule is Cc1ccc(S(=O)(=O)c2c(CCc3ccc(Cl)cc3F)ccc3ccccc23)cc1.O=S(=O)(c1ccc(Cl)cc1)c1c(CCc2ccc(Cl)cc2F)ccc2ccccc12.O=S(=O)(c1ccc(Cl)cc1)c1c(COc2ccc(Cl)cc2F)ccc2ccccc12.O=S(=O)(c1ccc(Cl)cc1)c1c(NCc2ccc(Cl)cc2F)ccc2ccccc12.O=S(=O)(c1ccc(Cl)cc1)c1c(OCc2ccc(Cl)cc2F)ccc2ccccc12. The van der Waals surface area contributed by atoms with Gasteiger partial charge in [0.25, 0.3) is 0 Å². The Hall–Kier alpha value is -12.9. The standard InChI is InChI=1S/C25H20ClFO2S.C24H17Cl2FO2S.C23H16Cl2FNO2S.2C23H15Cl2FO3S/c1-17-6-14-22(15-7-17)30(28,29)25-20(10-8-18-4-2-3-5-23(18)25)11-9-19-12-13-21(26)16-24(19)27;25-19-11-13-21(14-12-19)30(28,29)24-18(7-5-16-3-1-2-4-22(16)24)8-6-17-9-10-20(26)15-23(17)27;24-17-8-10-19(11-9-17)30(28,29)23-20-4-2-1-3-15(20)6-12-22(23)27-14-16-5-7-18(25)13-21(16)26;24-17-8-10-19(11-9-17)30(27,28)23-20-4-2-1-3-15(20)6-12-22(23)29-14-16-5-7-18(25)13-21(16)26;24-17-7-10-19(11-8-17)30(27,28)23-16(6-5-15-3-1-2-4-20(15)23)14-29-22-12-9-18(25)13-21(22)26/h2-8,10,12-16H,9,11H2,1H3;1-5,7,9-15H,6,8H2;1-13,27H,14H2;2*1-13H,14H2. The lowest BCUT2D eigenvalue weighted by atomic mass is 10.0. The molecule has 0 aromatic heterocycles. The van der Waals surface area contributed by atoms with Crippen molar-refractivity contribution in [3.8, 4) is 11.5 Å². The number of hydrogen-bond donors (Lipinski definition) is 1. The minimum Gasteiger partial charge on any atom is -0.487 e. The number of aryl methyl sites for hydroxylation is 5. The molecule has 13 nitrogen and oxygen atoms in total. The van der Waals surface area contributed by atoms with Gasteiger partial charge < -0.3 is 14.8 Å². The molecule has 0 spiro atoms. The molecule has 20 rings (SSSR count). The van der Waals surface area contributed by atoms with Gasteiger partial charge >= 0.3 is 0 Å². The van der Waals surface area contributed by atoms with Crippen molar-refractivity contribution in [2.45, 2.75) is 101 Å². The molecular formula is C118H83Cl9F5NO12S5. The van der Waals surface area contributed by atoms with Crippen molar-refractivity contribution in [2.75, 3.05) is 5.32 Å². The molecule has 0 atom stereocenters. The molecule has 0 heterocycles. The summed E-state index contributed by atoms with van der Waals surface area (Å²) in [6, 6.07) is 107. The molecule has 0 bridgehead atoms. The van der Waals surface area contributed by atoms with Crippen LogP contribution in [-0.4, -0.2) is 42.1 Å². The van der Waals surface area contributed by atoms with Gasteiger partial charge in [-0.3, -0.25) is 0 Å². The largest absolute Gasteiger partial charge is 0.487 e. The first-order valence-electron chi connectivity index (χ1n) is 45.9. The van der Waals surface area contributed by atoms with Crippen LogP contribution in [0.15, 0.2) is 443 Å². The van der Waals surface area contributed by atoms with Crippen molar-refractivity contribution in [2.24, 2.45) is 0 Å². The van der Waals surface area contributed by atoms with E-state index in [1.54, 1.807) is 152 Å². The number of rotatable bonds is 25. The van der Waals surface area contributed by atoms with Crippen molar-refractivity contribution >= 4 is 213 Å². The second-order valence-corrected chi connectivity index (χ2v) is 47.6. The van der Waals surface area contributed by atoms with Crippen molar-refractivity contribution in [1.29, 1.82) is 0 Å². The Morgan fingerprint density at radius 2 is 0.460 bits per heavy atom. The Labute approximate surface area is 909 Å². The summed E-state index contributed by atoms with van der Waals surface area (Å²) in [5.41, 5.74) is 4.74. The van der Waals surface area contributed by atoms with Crippen molar-refractivity contribution in [1.82, 2.24) is 0 Å². The fourth-order valence-corrected chi connectivity index (χ4v) is 26.4. The summed E-state index contributed by atoms with van der Waals surface area (Å²) in [4.78, 5) is 1.57. The minimum atomic E-state index is -3.93. The summed E-state index contributed by atoms with van der Waals surface area (Å²) in [6.07, 6.45) is 1.48. The van der Waals surface area contributed by atoms with E-state index in [4.69, 9.17) is 114 Å². The van der Waals surface area contributed by atoms with E-state index >= 15 is 0 Å². The number of halogens is 14. The zero-order chi connectivity index (χ0) is 107. The second-order valence-electron chi connectivity index (χ2n) is 34.2. The monoisotopic (exact) mass is 2280 g/mol. The topological polar surface area (TPSA) is 201 Å². The lowest BCUT2D eigenvalue weighted by Crippen LogP contribution is -2.09. The van der Waals surface area contributed by atoms with E-state index in [9.17, 15) is 64.0 Å². The molecule has 0 saturated carbocycles. The van der Waals surface area contributed by atoms with E-state index in [1.165, 1.54) is 127 Å². The molecule has 20 aromatic rings. The summed E-state index contributed by atoms with van der Waals surface area (Å²) >= 11 is 52.8. The Morgan fingerprint density at radius 1 is 0.220 bits per heavy atom. The van der Waals surface area contributed by atoms with Crippen LogP contribution in [0.2, 0.25) is 45.2 Å². The van der Waals surface area contributed by atoms with Gasteiger partial charge in [0.15, 0.2) is 11.6 Å². The predicted octanol–water partition coefficient (Wildman–Crippen LogP) is 33.6. The van der Waals surface area contributed by atoms with E-state index in [0.29, 0.717) is 132 Å². The fraction of sp³-hybridized carbons (Fsp3) is 0.0678. The molecule has 0 fully saturated rings. The summed E-state index contributed by atoms with van der Waals surface area (Å²) in [5, 5.41) is 13.3. The van der Waals surface area contributed by atoms with Gasteiger partial charge in [0.1, 0.15) is 52.0 Å². The van der Waals surface area contributed by atoms with E-state index < -0.39 is 72.5 Å². The van der Waals surface area contributed by atoms with Gasteiger partial charge in [0.05, 0.1) is 44.9 Å². The first-order valence-corrected chi connectivity index (χ1v) is 56.7. The molecule has 32 heteroatoms. The number of nitrogens with one attached hydrogen (secondary N) is 1. The maximum absolute atomic E-state index is 14.2. The number of sulfone groups is 5. The Morgan fingerprint density at radius 3 is 0.820 bits per heavy atom. The molecule has 0 aliphatic heterocycles. The molecule has 760 valence electrons. The molecule has 150 heavy (non-hydrogen) atoms. The third kappa shape index (κ3) is 25.8. The van der Waals surface area contributed by atoms with E-state index in [2.05, 4.69) is 5.32 Å². The minimum absolute atomic E-state index is 0.0117. The van der Waals surface area contributed by atoms with Crippen LogP contribution in [0.1, 0.15) is 44.5 Å². The highest BCUT2D eigenvalue weighted by atomic mass is 35.5. The Bertz CT molecular complexity index is 7900. The van der Waals surface area contributed by atoms with Gasteiger partial charge in [0.2, 0.25) is 49.2 Å². The predicted molar refractivity (Wildman–Crippen MR) is 592 cm³/mol. The average Bonchev–Trinajstić information content (AvgIpc) is 0.771. The summed E-state index contributed by atoms with van der Waals surface area (Å²) in [5.74, 6) is -2.26. The number of ether oxygens (including phenoxy) is 2. The average molecular weight is 2280 g/mol. The first-order chi connectivity index (χ1) is 71.8. The van der Waals surface area contributed by atoms with Gasteiger partial charge in [-0.15, -0.1) is 0 Å². The maximum atomic E-state index is 14.2. The highest BCUT2D eigenvalue weighted by Gasteiger charge is 2.32. The van der Waals surface area contributed by atoms with Crippen LogP contribution in [0.4, 0.5) is 27.6 Å². The summed E-state index contributed by atoms with van der Waals surface area (Å²) < 4.78 is 218. The summed E-state index contributed by atoms with van der Waals surface area (Å²) in [7, 11) is -19.2. The first kappa shape index (κ1) is 110. The molecule has 0 radical (unpaired) electrons. The lowest BCUT2D eigenvalue weighted by molar-refractivity contribution is 0.287. The summed E-state index contributed by atoms with van der Waals surface area (Å²) in [6.45, 7) is 1.74. The van der Waals surface area contributed by atoms with Crippen LogP contribution < -0.4 is 14.8 Å². The zero-order valence-electron chi connectivity index (χ0n) is 78.7. The van der Waals surface area contributed by atoms with Crippen molar-refractivity contribution in [3.05, 3.63) is 513 Å². The van der Waals surface area contributed by atoms with Gasteiger partial charge in [-0.25, -0.2) is 64.0 Å². The van der Waals surface area contributed by atoms with Crippen LogP contribution in [0.25, 0.3) is 53.9 Å². The fourth-order valence-electron chi connectivity index (χ4n) is 16.8. The smallest absolute Gasteiger partial charge is 0.210 e. The molecule has 20 aromatic carbocycles. The molecule has 0 aliphatic carbocycles. The normalized spacial score (nSPS) is 11.6. The molecule has 0 saturated heterocycles. The number of hydrogen-bond acceptors (Lipinski definition) is 13. The van der Waals surface area contributed by atoms with Crippen LogP contribution in [0, 0.1) is 36.0 Å². The van der Waals surface area contributed by atoms with Crippen LogP contribution in [0.3, 0.4) is 0 Å². The van der Waals surface area contributed by atoms with Crippen LogP contribution in [-0.2, 0) is 94.6 Å². The molecular weight excluding hydrogens is 2200 g/mol. The quantitative estimate of drug-likeness (QED) is 0.0530. The molecule has 0 aliphatic rings. The number of fused-ring (bicyclic) bond motifs is 5. The highest BCUT2D eigenvalue weighted by molar-refractivity contribution is 7.93. The van der Waals surface area contributed by atoms with Gasteiger partial charge in [-0.1, -0.05) is 316 Å². The second kappa shape index (κ2) is 48.2. The van der Waals surface area contributed by atoms with Crippen molar-refractivity contribution < 1.29 is 73.5 Å². The van der Waals surface area contributed by atoms with E-state index in [-0.39, 0.29) is 96.7 Å². The third-order valence-electron chi connectivity index (χ3n) is 24.3. The Kier molecular flexibility index (Phi) is 35.3. The molecule has 1 N–H and O–H groups in total. The van der Waals surface area contributed by atoms with E-state index in [0.717, 1.165) is 38.6 Å². The van der Waals surface area contributed by atoms with Crippen molar-refractivity contribution in [3.63, 3.8) is 0 Å². The van der Waals surface area contributed by atoms with Crippen LogP contribution >= 0.6 is 104 Å². The number of benzene rings is 20. The highest BCUT2D eigenvalue weighted by Crippen LogP contribution is 2.43. The number of anilines is 1. The van der Waals surface area contributed by atoms with Crippen LogP contribution in [0.5, 0.6) is 11.5 Å². The third-order valence-corrected chi connectivity index (χ3v) is 35.9. The van der Waals surface area contributed by atoms with Gasteiger partial charge in [0, 0.05) is 95.4 Å². The van der Waals surface area contributed by atoms with Gasteiger partial charge in [-0.05, 0) is 270 Å². The zero-order valence-corrected chi connectivity index (χ0v) is 89.6. The maximum Gasteiger partial charge on any atom is 0.210 e. The lowest BCUT2D eigenvalue weighted by Gasteiger charge is -2.16. The van der Waals surface area contributed by atoms with E-state index in [1.807, 2.05) is 116 Å². The Balaban J connectivity index is 0.000000133.